The number of benzene rings is 1. The highest BCUT2D eigenvalue weighted by atomic mass is 19.2. The van der Waals surface area contributed by atoms with Crippen LogP contribution in [-0.2, 0) is 9.59 Å². The minimum Gasteiger partial charge on any atom is -0.339 e. The van der Waals surface area contributed by atoms with Gasteiger partial charge in [-0.05, 0) is 12.1 Å². The van der Waals surface area contributed by atoms with Crippen LogP contribution >= 0.6 is 0 Å². The van der Waals surface area contributed by atoms with Gasteiger partial charge in [0.05, 0.1) is 5.69 Å². The molecule has 0 saturated carbocycles. The summed E-state index contributed by atoms with van der Waals surface area (Å²) >= 11 is 0. The molecule has 4 nitrogen and oxygen atoms in total. The van der Waals surface area contributed by atoms with Crippen molar-refractivity contribution in [2.75, 3.05) is 18.4 Å². The third kappa shape index (κ3) is 4.62. The number of anilines is 1. The largest absolute Gasteiger partial charge is 0.339 e. The van der Waals surface area contributed by atoms with Gasteiger partial charge in [-0.2, -0.15) is 0 Å². The fraction of sp³-hybridized carbons (Fsp3) is 0.286. The van der Waals surface area contributed by atoms with E-state index in [9.17, 15) is 22.8 Å². The smallest absolute Gasteiger partial charge is 0.226 e. The molecule has 21 heavy (non-hydrogen) atoms. The van der Waals surface area contributed by atoms with E-state index in [0.717, 1.165) is 6.07 Å². The van der Waals surface area contributed by atoms with E-state index in [1.54, 1.807) is 0 Å². The third-order valence-electron chi connectivity index (χ3n) is 2.71. The van der Waals surface area contributed by atoms with Crippen LogP contribution in [-0.4, -0.2) is 29.8 Å². The van der Waals surface area contributed by atoms with E-state index in [4.69, 9.17) is 0 Å². The zero-order valence-electron chi connectivity index (χ0n) is 11.5. The van der Waals surface area contributed by atoms with Gasteiger partial charge in [0, 0.05) is 26.4 Å². The standard InChI is InChI=1S/C14H15F3N2O2/c1-3-7-19(9(2)20)8-6-12(21)18-11-5-4-10(15)13(16)14(11)17/h3-5H,1,6-8H2,2H3,(H,18,21). The molecule has 0 saturated heterocycles. The lowest BCUT2D eigenvalue weighted by Crippen LogP contribution is -2.32. The van der Waals surface area contributed by atoms with Crippen molar-refractivity contribution >= 4 is 17.5 Å². The minimum absolute atomic E-state index is 0.105. The second-order valence-corrected chi connectivity index (χ2v) is 4.27. The van der Waals surface area contributed by atoms with E-state index < -0.39 is 29.0 Å². The maximum atomic E-state index is 13.4. The number of hydrogen-bond donors (Lipinski definition) is 1. The summed E-state index contributed by atoms with van der Waals surface area (Å²) in [6.07, 6.45) is 1.40. The molecule has 0 fully saturated rings. The first-order valence-electron chi connectivity index (χ1n) is 6.16. The normalized spacial score (nSPS) is 10.1. The zero-order chi connectivity index (χ0) is 16.0. The number of nitrogens with one attached hydrogen (secondary N) is 1. The number of rotatable bonds is 6. The van der Waals surface area contributed by atoms with Crippen molar-refractivity contribution in [1.29, 1.82) is 0 Å². The van der Waals surface area contributed by atoms with Gasteiger partial charge in [0.2, 0.25) is 11.8 Å². The van der Waals surface area contributed by atoms with Crippen LogP contribution < -0.4 is 5.32 Å². The average Bonchev–Trinajstić information content (AvgIpc) is 2.43. The predicted octanol–water partition coefficient (Wildman–Crippen LogP) is 2.47. The van der Waals surface area contributed by atoms with E-state index >= 15 is 0 Å². The van der Waals surface area contributed by atoms with Gasteiger partial charge in [0.25, 0.3) is 0 Å². The molecule has 2 amide bonds. The fourth-order valence-electron chi connectivity index (χ4n) is 1.60. The van der Waals surface area contributed by atoms with Crippen LogP contribution in [0.15, 0.2) is 24.8 Å². The molecule has 7 heteroatoms. The molecule has 0 bridgehead atoms. The number of halogens is 3. The Morgan fingerprint density at radius 1 is 1.29 bits per heavy atom. The molecular weight excluding hydrogens is 285 g/mol. The van der Waals surface area contributed by atoms with Crippen molar-refractivity contribution in [3.63, 3.8) is 0 Å². The Morgan fingerprint density at radius 2 is 1.95 bits per heavy atom. The highest BCUT2D eigenvalue weighted by Gasteiger charge is 2.16. The van der Waals surface area contributed by atoms with Crippen molar-refractivity contribution in [1.82, 2.24) is 4.90 Å². The number of hydrogen-bond acceptors (Lipinski definition) is 2. The van der Waals surface area contributed by atoms with Crippen LogP contribution in [0.5, 0.6) is 0 Å². The first-order chi connectivity index (χ1) is 9.86. The van der Waals surface area contributed by atoms with Gasteiger partial charge in [-0.1, -0.05) is 6.08 Å². The molecule has 0 heterocycles. The van der Waals surface area contributed by atoms with Gasteiger partial charge in [-0.3, -0.25) is 9.59 Å². The van der Waals surface area contributed by atoms with Gasteiger partial charge in [0.1, 0.15) is 0 Å². The Labute approximate surface area is 120 Å². The van der Waals surface area contributed by atoms with Gasteiger partial charge in [-0.15, -0.1) is 6.58 Å². The lowest BCUT2D eigenvalue weighted by atomic mass is 10.2. The first kappa shape index (κ1) is 16.7. The lowest BCUT2D eigenvalue weighted by Gasteiger charge is -2.18. The van der Waals surface area contributed by atoms with Crippen molar-refractivity contribution in [3.8, 4) is 0 Å². The van der Waals surface area contributed by atoms with Crippen molar-refractivity contribution < 1.29 is 22.8 Å². The number of amides is 2. The topological polar surface area (TPSA) is 49.4 Å². The molecule has 1 aromatic carbocycles. The lowest BCUT2D eigenvalue weighted by molar-refractivity contribution is -0.128. The number of carbonyl (C=O) groups excluding carboxylic acids is 2. The molecule has 1 N–H and O–H groups in total. The molecule has 0 unspecified atom stereocenters. The van der Waals surface area contributed by atoms with Gasteiger partial charge >= 0.3 is 0 Å². The summed E-state index contributed by atoms with van der Waals surface area (Å²) in [4.78, 5) is 24.2. The maximum Gasteiger partial charge on any atom is 0.226 e. The molecule has 114 valence electrons. The van der Waals surface area contributed by atoms with Crippen LogP contribution in [0, 0.1) is 17.5 Å². The Bertz CT molecular complexity index is 561. The second-order valence-electron chi connectivity index (χ2n) is 4.27. The molecule has 0 aromatic heterocycles. The van der Waals surface area contributed by atoms with E-state index in [-0.39, 0.29) is 25.4 Å². The average molecular weight is 300 g/mol. The highest BCUT2D eigenvalue weighted by molar-refractivity contribution is 5.91. The van der Waals surface area contributed by atoms with Crippen molar-refractivity contribution in [2.45, 2.75) is 13.3 Å². The summed E-state index contributed by atoms with van der Waals surface area (Å²) < 4.78 is 39.1. The summed E-state index contributed by atoms with van der Waals surface area (Å²) in [6.45, 7) is 5.22. The van der Waals surface area contributed by atoms with Gasteiger partial charge in [-0.25, -0.2) is 13.2 Å². The maximum absolute atomic E-state index is 13.4. The molecular formula is C14H15F3N2O2. The summed E-state index contributed by atoms with van der Waals surface area (Å²) in [5, 5.41) is 2.13. The van der Waals surface area contributed by atoms with Crippen LogP contribution in [0.25, 0.3) is 0 Å². The zero-order valence-corrected chi connectivity index (χ0v) is 11.5. The Morgan fingerprint density at radius 3 is 2.52 bits per heavy atom. The van der Waals surface area contributed by atoms with Crippen LogP contribution in [0.2, 0.25) is 0 Å². The monoisotopic (exact) mass is 300 g/mol. The summed E-state index contributed by atoms with van der Waals surface area (Å²) in [7, 11) is 0. The van der Waals surface area contributed by atoms with Gasteiger partial charge in [0.15, 0.2) is 17.5 Å². The first-order valence-corrected chi connectivity index (χ1v) is 6.16. The summed E-state index contributed by atoms with van der Waals surface area (Å²) in [5.74, 6) is -5.29. The summed E-state index contributed by atoms with van der Waals surface area (Å²) in [5.41, 5.74) is -0.447. The van der Waals surface area contributed by atoms with E-state index in [2.05, 4.69) is 11.9 Å². The van der Waals surface area contributed by atoms with Crippen molar-refractivity contribution in [2.24, 2.45) is 0 Å². The SMILES string of the molecule is C=CCN(CCC(=O)Nc1ccc(F)c(F)c1F)C(C)=O. The van der Waals surface area contributed by atoms with Crippen molar-refractivity contribution in [3.05, 3.63) is 42.2 Å². The fourth-order valence-corrected chi connectivity index (χ4v) is 1.60. The molecule has 0 spiro atoms. The molecule has 0 atom stereocenters. The molecule has 0 aliphatic heterocycles. The third-order valence-corrected chi connectivity index (χ3v) is 2.71. The predicted molar refractivity (Wildman–Crippen MR) is 72.0 cm³/mol. The Kier molecular flexibility index (Phi) is 5.95. The molecule has 0 radical (unpaired) electrons. The molecule has 0 aliphatic rings. The minimum atomic E-state index is -1.65. The van der Waals surface area contributed by atoms with E-state index in [1.807, 2.05) is 0 Å². The number of nitrogens with zero attached hydrogens (tertiary/aromatic N) is 1. The molecule has 1 aromatic rings. The highest BCUT2D eigenvalue weighted by Crippen LogP contribution is 2.19. The van der Waals surface area contributed by atoms with Crippen LogP contribution in [0.3, 0.4) is 0 Å². The second kappa shape index (κ2) is 7.47. The van der Waals surface area contributed by atoms with E-state index in [0.29, 0.717) is 6.07 Å². The molecule has 1 rings (SSSR count). The van der Waals surface area contributed by atoms with E-state index in [1.165, 1.54) is 17.9 Å². The van der Waals surface area contributed by atoms with Crippen LogP contribution in [0.4, 0.5) is 18.9 Å². The summed E-state index contributed by atoms with van der Waals surface area (Å²) in [6, 6.07) is 1.64. The Hall–Kier alpha value is -2.31. The molecule has 0 aliphatic carbocycles. The van der Waals surface area contributed by atoms with Gasteiger partial charge < -0.3 is 10.2 Å². The number of carbonyl (C=O) groups is 2. The van der Waals surface area contributed by atoms with Crippen LogP contribution in [0.1, 0.15) is 13.3 Å². The quantitative estimate of drug-likeness (QED) is 0.648. The Balaban J connectivity index is 2.64.